The van der Waals surface area contributed by atoms with Gasteiger partial charge in [-0.2, -0.15) is 0 Å². The van der Waals surface area contributed by atoms with Gasteiger partial charge in [-0.1, -0.05) is 6.92 Å². The molecule has 0 aliphatic carbocycles. The molecule has 0 radical (unpaired) electrons. The van der Waals surface area contributed by atoms with Crippen molar-refractivity contribution in [2.45, 2.75) is 45.4 Å². The molecule has 0 amide bonds. The highest BCUT2D eigenvalue weighted by atomic mass is 16.5. The van der Waals surface area contributed by atoms with E-state index in [9.17, 15) is 0 Å². The van der Waals surface area contributed by atoms with Crippen molar-refractivity contribution in [3.63, 3.8) is 0 Å². The first kappa shape index (κ1) is 11.4. The van der Waals surface area contributed by atoms with E-state index in [4.69, 9.17) is 4.74 Å². The van der Waals surface area contributed by atoms with Gasteiger partial charge in [0.2, 0.25) is 0 Å². The zero-order chi connectivity index (χ0) is 10.8. The van der Waals surface area contributed by atoms with Gasteiger partial charge in [-0.25, -0.2) is 0 Å². The summed E-state index contributed by atoms with van der Waals surface area (Å²) in [4.78, 5) is 2.58. The second kappa shape index (κ2) is 4.81. The van der Waals surface area contributed by atoms with Crippen LogP contribution in [-0.2, 0) is 4.74 Å². The summed E-state index contributed by atoms with van der Waals surface area (Å²) in [5.74, 6) is 0.829. The number of nitrogens with zero attached hydrogens (tertiary/aromatic N) is 1. The molecule has 2 rings (SSSR count). The fraction of sp³-hybridized carbons (Fsp3) is 1.00. The van der Waals surface area contributed by atoms with Crippen LogP contribution >= 0.6 is 0 Å². The second-order valence-electron chi connectivity index (χ2n) is 5.27. The van der Waals surface area contributed by atoms with Gasteiger partial charge in [-0.05, 0) is 32.7 Å². The molecule has 0 saturated carbocycles. The smallest absolute Gasteiger partial charge is 0.0674 e. The van der Waals surface area contributed by atoms with Gasteiger partial charge in [0, 0.05) is 25.2 Å². The Morgan fingerprint density at radius 1 is 1.33 bits per heavy atom. The molecule has 3 heteroatoms. The first-order valence-corrected chi connectivity index (χ1v) is 6.26. The molecule has 4 atom stereocenters. The maximum atomic E-state index is 5.65. The lowest BCUT2D eigenvalue weighted by atomic mass is 10.0. The lowest BCUT2D eigenvalue weighted by Gasteiger charge is -2.38. The maximum absolute atomic E-state index is 5.65. The molecule has 88 valence electrons. The van der Waals surface area contributed by atoms with Gasteiger partial charge in [-0.3, -0.25) is 4.90 Å². The van der Waals surface area contributed by atoms with E-state index in [1.165, 1.54) is 19.5 Å². The third-order valence-corrected chi connectivity index (χ3v) is 3.86. The lowest BCUT2D eigenvalue weighted by Crippen LogP contribution is -2.52. The van der Waals surface area contributed by atoms with Gasteiger partial charge < -0.3 is 10.1 Å². The van der Waals surface area contributed by atoms with Crippen LogP contribution < -0.4 is 5.32 Å². The predicted octanol–water partition coefficient (Wildman–Crippen LogP) is 1.09. The van der Waals surface area contributed by atoms with E-state index in [2.05, 4.69) is 31.0 Å². The van der Waals surface area contributed by atoms with Crippen molar-refractivity contribution in [2.75, 3.05) is 26.2 Å². The molecule has 0 aromatic heterocycles. The number of nitrogens with one attached hydrogen (secondary N) is 1. The maximum Gasteiger partial charge on any atom is 0.0674 e. The summed E-state index contributed by atoms with van der Waals surface area (Å²) < 4.78 is 5.65. The van der Waals surface area contributed by atoms with E-state index in [-0.39, 0.29) is 0 Å². The minimum absolute atomic E-state index is 0.401. The lowest BCUT2D eigenvalue weighted by molar-refractivity contribution is -0.0525. The van der Waals surface area contributed by atoms with E-state index >= 15 is 0 Å². The normalized spacial score (nSPS) is 43.4. The molecular weight excluding hydrogens is 188 g/mol. The van der Waals surface area contributed by atoms with Crippen LogP contribution in [0.2, 0.25) is 0 Å². The monoisotopic (exact) mass is 212 g/mol. The number of hydrogen-bond donors (Lipinski definition) is 1. The molecular formula is C12H24N2O. The quantitative estimate of drug-likeness (QED) is 0.741. The average Bonchev–Trinajstić information content (AvgIpc) is 2.58. The van der Waals surface area contributed by atoms with E-state index < -0.39 is 0 Å². The standard InChI is InChI=1S/C12H24N2O/c1-9-4-5-13-12(9)7-14-6-11(3)15-8-10(14)2/h9-13H,4-8H2,1-3H3. The number of hydrogen-bond acceptors (Lipinski definition) is 3. The van der Waals surface area contributed by atoms with Crippen LogP contribution in [0.15, 0.2) is 0 Å². The summed E-state index contributed by atoms with van der Waals surface area (Å²) in [6.07, 6.45) is 1.73. The fourth-order valence-corrected chi connectivity index (χ4v) is 2.62. The molecule has 0 aromatic rings. The Bertz CT molecular complexity index is 210. The van der Waals surface area contributed by atoms with Crippen molar-refractivity contribution in [3.8, 4) is 0 Å². The molecule has 0 aromatic carbocycles. The summed E-state index contributed by atoms with van der Waals surface area (Å²) in [6.45, 7) is 11.2. The Hall–Kier alpha value is -0.120. The minimum Gasteiger partial charge on any atom is -0.376 e. The Morgan fingerprint density at radius 3 is 2.80 bits per heavy atom. The molecule has 2 fully saturated rings. The number of morpholine rings is 1. The molecule has 1 N–H and O–H groups in total. The first-order valence-electron chi connectivity index (χ1n) is 6.26. The fourth-order valence-electron chi connectivity index (χ4n) is 2.62. The van der Waals surface area contributed by atoms with Crippen molar-refractivity contribution in [1.29, 1.82) is 0 Å². The van der Waals surface area contributed by atoms with Crippen LogP contribution in [0.5, 0.6) is 0 Å². The molecule has 15 heavy (non-hydrogen) atoms. The van der Waals surface area contributed by atoms with Crippen LogP contribution in [0.4, 0.5) is 0 Å². The van der Waals surface area contributed by atoms with Gasteiger partial charge in [-0.15, -0.1) is 0 Å². The van der Waals surface area contributed by atoms with Gasteiger partial charge >= 0.3 is 0 Å². The van der Waals surface area contributed by atoms with Crippen molar-refractivity contribution in [2.24, 2.45) is 5.92 Å². The molecule has 2 aliphatic rings. The van der Waals surface area contributed by atoms with Gasteiger partial charge in [0.25, 0.3) is 0 Å². The molecule has 4 unspecified atom stereocenters. The highest BCUT2D eigenvalue weighted by molar-refractivity contribution is 4.86. The van der Waals surface area contributed by atoms with Gasteiger partial charge in [0.1, 0.15) is 0 Å². The molecule has 2 heterocycles. The largest absolute Gasteiger partial charge is 0.376 e. The SMILES string of the molecule is CC1CN(CC2NCCC2C)C(C)CO1. The van der Waals surface area contributed by atoms with Gasteiger partial charge in [0.05, 0.1) is 12.7 Å². The van der Waals surface area contributed by atoms with Crippen LogP contribution in [-0.4, -0.2) is 49.3 Å². The highest BCUT2D eigenvalue weighted by Crippen LogP contribution is 2.18. The van der Waals surface area contributed by atoms with E-state index in [1.807, 2.05) is 0 Å². The topological polar surface area (TPSA) is 24.5 Å². The zero-order valence-electron chi connectivity index (χ0n) is 10.2. The van der Waals surface area contributed by atoms with Crippen molar-refractivity contribution < 1.29 is 4.74 Å². The summed E-state index contributed by atoms with van der Waals surface area (Å²) in [5.41, 5.74) is 0. The summed E-state index contributed by atoms with van der Waals surface area (Å²) in [5, 5.41) is 3.61. The van der Waals surface area contributed by atoms with Crippen LogP contribution in [0, 0.1) is 5.92 Å². The molecule has 2 saturated heterocycles. The summed E-state index contributed by atoms with van der Waals surface area (Å²) in [6, 6.07) is 1.27. The third-order valence-electron chi connectivity index (χ3n) is 3.86. The Labute approximate surface area is 93.2 Å². The van der Waals surface area contributed by atoms with E-state index in [1.54, 1.807) is 0 Å². The molecule has 0 spiro atoms. The molecule has 2 aliphatic heterocycles. The second-order valence-corrected chi connectivity index (χ2v) is 5.27. The van der Waals surface area contributed by atoms with Crippen molar-refractivity contribution in [3.05, 3.63) is 0 Å². The zero-order valence-corrected chi connectivity index (χ0v) is 10.2. The third kappa shape index (κ3) is 2.71. The Balaban J connectivity index is 1.86. The first-order chi connectivity index (χ1) is 7.16. The summed E-state index contributed by atoms with van der Waals surface area (Å²) in [7, 11) is 0. The predicted molar refractivity (Wildman–Crippen MR) is 62.0 cm³/mol. The highest BCUT2D eigenvalue weighted by Gasteiger charge is 2.29. The Morgan fingerprint density at radius 2 is 2.13 bits per heavy atom. The molecule has 3 nitrogen and oxygen atoms in total. The van der Waals surface area contributed by atoms with Crippen LogP contribution in [0.3, 0.4) is 0 Å². The Kier molecular flexibility index (Phi) is 3.65. The van der Waals surface area contributed by atoms with Crippen LogP contribution in [0.25, 0.3) is 0 Å². The van der Waals surface area contributed by atoms with E-state index in [0.29, 0.717) is 18.2 Å². The van der Waals surface area contributed by atoms with Gasteiger partial charge in [0.15, 0.2) is 0 Å². The average molecular weight is 212 g/mol. The van der Waals surface area contributed by atoms with Crippen LogP contribution in [0.1, 0.15) is 27.2 Å². The van der Waals surface area contributed by atoms with E-state index in [0.717, 1.165) is 19.1 Å². The number of ether oxygens (including phenoxy) is 1. The minimum atomic E-state index is 0.401. The number of rotatable bonds is 2. The van der Waals surface area contributed by atoms with Crippen molar-refractivity contribution >= 4 is 0 Å². The van der Waals surface area contributed by atoms with Crippen molar-refractivity contribution in [1.82, 2.24) is 10.2 Å². The molecule has 0 bridgehead atoms. The summed E-state index contributed by atoms with van der Waals surface area (Å²) >= 11 is 0.